The highest BCUT2D eigenvalue weighted by molar-refractivity contribution is 6.04. The standard InChI is InChI=1S/C25H30N3O5/c1-4-33-25(30)24-20(14-32-10-9-26)28(31)19-11-17(15(2)3)12-21(29)23(19)22(24)18-8-6-5-7-16(18)13-27/h5-8,15,17,22H,4,9-12,14,26H2,1-3H3/q-1. The van der Waals surface area contributed by atoms with Crippen LogP contribution < -0.4 is 5.73 Å². The third-order valence-electron chi connectivity index (χ3n) is 6.22. The number of rotatable bonds is 8. The molecule has 3 rings (SSSR count). The highest BCUT2D eigenvalue weighted by Gasteiger charge is 2.43. The molecule has 8 nitrogen and oxygen atoms in total. The molecular weight excluding hydrogens is 422 g/mol. The molecule has 0 amide bonds. The van der Waals surface area contributed by atoms with Gasteiger partial charge >= 0.3 is 5.97 Å². The first kappa shape index (κ1) is 24.6. The van der Waals surface area contributed by atoms with E-state index in [2.05, 4.69) is 6.07 Å². The molecule has 0 fully saturated rings. The van der Waals surface area contributed by atoms with Gasteiger partial charge in [-0.15, -0.1) is 0 Å². The number of benzene rings is 1. The number of Topliss-reactive ketones (excluding diaryl/α,β-unsaturated/α-hetero) is 1. The van der Waals surface area contributed by atoms with Crippen molar-refractivity contribution in [3.8, 4) is 6.07 Å². The van der Waals surface area contributed by atoms with Gasteiger partial charge in [0.1, 0.15) is 0 Å². The van der Waals surface area contributed by atoms with E-state index in [1.54, 1.807) is 31.2 Å². The molecule has 0 saturated carbocycles. The molecule has 8 heteroatoms. The molecule has 1 aromatic rings. The van der Waals surface area contributed by atoms with E-state index in [1.807, 2.05) is 13.8 Å². The highest BCUT2D eigenvalue weighted by atomic mass is 16.5. The normalized spacial score (nSPS) is 20.8. The van der Waals surface area contributed by atoms with E-state index in [4.69, 9.17) is 15.2 Å². The predicted molar refractivity (Wildman–Crippen MR) is 122 cm³/mol. The number of ketones is 1. The minimum atomic E-state index is -0.878. The molecule has 1 heterocycles. The van der Waals surface area contributed by atoms with Crippen LogP contribution in [-0.2, 0) is 19.1 Å². The molecule has 0 radical (unpaired) electrons. The van der Waals surface area contributed by atoms with E-state index in [0.29, 0.717) is 28.3 Å². The average molecular weight is 453 g/mol. The summed E-state index contributed by atoms with van der Waals surface area (Å²) in [6.07, 6.45) is 0.689. The fourth-order valence-electron chi connectivity index (χ4n) is 4.51. The number of hydrogen-bond donors (Lipinski definition) is 1. The number of nitriles is 1. The Balaban J connectivity index is 2.28. The van der Waals surface area contributed by atoms with Crippen LogP contribution in [0.1, 0.15) is 50.7 Å². The minimum absolute atomic E-state index is 0.00918. The van der Waals surface area contributed by atoms with Gasteiger partial charge in [-0.3, -0.25) is 4.79 Å². The van der Waals surface area contributed by atoms with Gasteiger partial charge in [0.25, 0.3) is 0 Å². The lowest BCUT2D eigenvalue weighted by molar-refractivity contribution is -0.139. The summed E-state index contributed by atoms with van der Waals surface area (Å²) < 4.78 is 10.9. The van der Waals surface area contributed by atoms with Crippen molar-refractivity contribution in [1.82, 2.24) is 5.06 Å². The second kappa shape index (κ2) is 10.8. The van der Waals surface area contributed by atoms with Crippen molar-refractivity contribution in [2.24, 2.45) is 17.6 Å². The Morgan fingerprint density at radius 2 is 2.06 bits per heavy atom. The Kier molecular flexibility index (Phi) is 8.03. The molecule has 0 aromatic heterocycles. The van der Waals surface area contributed by atoms with Crippen molar-refractivity contribution in [1.29, 1.82) is 5.26 Å². The molecule has 0 saturated heterocycles. The topological polar surface area (TPSA) is 129 Å². The van der Waals surface area contributed by atoms with Gasteiger partial charge in [-0.1, -0.05) is 32.0 Å². The number of esters is 1. The third-order valence-corrected chi connectivity index (χ3v) is 6.22. The summed E-state index contributed by atoms with van der Waals surface area (Å²) in [6.45, 7) is 6.11. The van der Waals surface area contributed by atoms with Crippen LogP contribution in [0.3, 0.4) is 0 Å². The van der Waals surface area contributed by atoms with Crippen molar-refractivity contribution in [2.45, 2.75) is 39.5 Å². The molecule has 1 aliphatic carbocycles. The number of allylic oxidation sites excluding steroid dienone is 2. The lowest BCUT2D eigenvalue weighted by Gasteiger charge is -2.47. The highest BCUT2D eigenvalue weighted by Crippen LogP contribution is 2.48. The molecular formula is C25H30N3O5-. The second-order valence-corrected chi connectivity index (χ2v) is 8.54. The Labute approximate surface area is 194 Å². The lowest BCUT2D eigenvalue weighted by atomic mass is 9.70. The van der Waals surface area contributed by atoms with Crippen LogP contribution in [0, 0.1) is 28.4 Å². The number of carbonyl (C=O) groups excluding carboxylic acids is 2. The molecule has 2 unspecified atom stereocenters. The molecule has 33 heavy (non-hydrogen) atoms. The fraction of sp³-hybridized carbons (Fsp3) is 0.480. The van der Waals surface area contributed by atoms with E-state index >= 15 is 0 Å². The molecule has 2 atom stereocenters. The first-order valence-corrected chi connectivity index (χ1v) is 11.3. The maximum absolute atomic E-state index is 13.6. The van der Waals surface area contributed by atoms with Crippen LogP contribution in [0.2, 0.25) is 0 Å². The summed E-state index contributed by atoms with van der Waals surface area (Å²) >= 11 is 0. The average Bonchev–Trinajstić information content (AvgIpc) is 2.80. The molecule has 1 aromatic carbocycles. The Morgan fingerprint density at radius 1 is 1.33 bits per heavy atom. The number of nitrogens with zero attached hydrogens (tertiary/aromatic N) is 2. The number of ether oxygens (including phenoxy) is 2. The maximum atomic E-state index is 13.6. The van der Waals surface area contributed by atoms with E-state index in [-0.39, 0.29) is 67.2 Å². The predicted octanol–water partition coefficient (Wildman–Crippen LogP) is 3.14. The van der Waals surface area contributed by atoms with Gasteiger partial charge in [0, 0.05) is 35.9 Å². The smallest absolute Gasteiger partial charge is 0.336 e. The fourth-order valence-corrected chi connectivity index (χ4v) is 4.51. The monoisotopic (exact) mass is 452 g/mol. The van der Waals surface area contributed by atoms with Crippen molar-refractivity contribution >= 4 is 11.8 Å². The molecule has 2 aliphatic rings. The van der Waals surface area contributed by atoms with Crippen molar-refractivity contribution in [3.63, 3.8) is 0 Å². The molecule has 0 bridgehead atoms. The van der Waals surface area contributed by atoms with Crippen LogP contribution in [0.15, 0.2) is 46.8 Å². The number of nitrogens with two attached hydrogens (primary N) is 1. The summed E-state index contributed by atoms with van der Waals surface area (Å²) in [5.74, 6) is -1.55. The number of hydrogen-bond acceptors (Lipinski definition) is 8. The van der Waals surface area contributed by atoms with E-state index in [1.165, 1.54) is 0 Å². The molecule has 2 N–H and O–H groups in total. The molecule has 0 spiro atoms. The quantitative estimate of drug-likeness (QED) is 0.470. The van der Waals surface area contributed by atoms with Crippen LogP contribution in [0.5, 0.6) is 0 Å². The zero-order valence-electron chi connectivity index (χ0n) is 19.3. The Hall–Kier alpha value is -2.99. The second-order valence-electron chi connectivity index (χ2n) is 8.54. The van der Waals surface area contributed by atoms with Gasteiger partial charge in [0.2, 0.25) is 0 Å². The van der Waals surface area contributed by atoms with Gasteiger partial charge in [0.15, 0.2) is 5.78 Å². The summed E-state index contributed by atoms with van der Waals surface area (Å²) in [5.41, 5.74) is 7.11. The SMILES string of the molecule is CCOC(=O)C1=C(COCCN)N([O-])C2=C(C(=O)CC(C(C)C)C2)C1c1ccccc1C#N. The Morgan fingerprint density at radius 3 is 2.70 bits per heavy atom. The van der Waals surface area contributed by atoms with Crippen molar-refractivity contribution in [2.75, 3.05) is 26.4 Å². The Bertz CT molecular complexity index is 1020. The van der Waals surface area contributed by atoms with Crippen LogP contribution in [-0.4, -0.2) is 43.2 Å². The van der Waals surface area contributed by atoms with Gasteiger partial charge < -0.3 is 25.5 Å². The van der Waals surface area contributed by atoms with E-state index in [9.17, 15) is 20.1 Å². The minimum Gasteiger partial charge on any atom is -0.754 e. The van der Waals surface area contributed by atoms with E-state index < -0.39 is 11.9 Å². The van der Waals surface area contributed by atoms with Crippen molar-refractivity contribution < 1.29 is 19.1 Å². The summed E-state index contributed by atoms with van der Waals surface area (Å²) in [6, 6.07) is 8.97. The number of hydroxylamine groups is 2. The van der Waals surface area contributed by atoms with Crippen LogP contribution >= 0.6 is 0 Å². The first-order valence-electron chi connectivity index (χ1n) is 11.3. The van der Waals surface area contributed by atoms with Gasteiger partial charge in [-0.25, -0.2) is 4.79 Å². The summed E-state index contributed by atoms with van der Waals surface area (Å²) in [4.78, 5) is 26.6. The van der Waals surface area contributed by atoms with Crippen LogP contribution in [0.25, 0.3) is 0 Å². The summed E-state index contributed by atoms with van der Waals surface area (Å²) in [5, 5.41) is 24.0. The van der Waals surface area contributed by atoms with Crippen molar-refractivity contribution in [3.05, 3.63) is 63.1 Å². The molecule has 176 valence electrons. The van der Waals surface area contributed by atoms with Gasteiger partial charge in [0.05, 0.1) is 37.0 Å². The van der Waals surface area contributed by atoms with Gasteiger partial charge in [-0.05, 0) is 36.8 Å². The third kappa shape index (κ3) is 4.86. The van der Waals surface area contributed by atoms with Crippen LogP contribution in [0.4, 0.5) is 0 Å². The van der Waals surface area contributed by atoms with E-state index in [0.717, 1.165) is 0 Å². The lowest BCUT2D eigenvalue weighted by Crippen LogP contribution is -2.39. The zero-order valence-corrected chi connectivity index (χ0v) is 19.3. The molecule has 1 aliphatic heterocycles. The van der Waals surface area contributed by atoms with Gasteiger partial charge in [-0.2, -0.15) is 5.26 Å². The number of carbonyl (C=O) groups is 2. The largest absolute Gasteiger partial charge is 0.754 e. The maximum Gasteiger partial charge on any atom is 0.336 e. The zero-order chi connectivity index (χ0) is 24.1. The first-order chi connectivity index (χ1) is 15.8. The summed E-state index contributed by atoms with van der Waals surface area (Å²) in [7, 11) is 0.